The topological polar surface area (TPSA) is 91.0 Å². The quantitative estimate of drug-likeness (QED) is 0.188. The molecule has 16 heteroatoms. The summed E-state index contributed by atoms with van der Waals surface area (Å²) < 4.78 is 68.9. The molecule has 0 bridgehead atoms. The first-order chi connectivity index (χ1) is 25.4. The zero-order chi connectivity index (χ0) is 42.3. The van der Waals surface area contributed by atoms with Crippen LogP contribution in [0.15, 0.2) is 28.7 Å². The first-order valence-electron chi connectivity index (χ1n) is 19.5. The molecule has 0 amide bonds. The fourth-order valence-corrected chi connectivity index (χ4v) is 7.36. The average Bonchev–Trinajstić information content (AvgIpc) is 3.73. The van der Waals surface area contributed by atoms with E-state index >= 15 is 0 Å². The molecule has 7 rings (SSSR count). The maximum Gasteiger partial charge on any atom is 0.495 e. The second-order valence-electron chi connectivity index (χ2n) is 18.7. The third kappa shape index (κ3) is 8.27. The standard InChI is InChI=1S/C17H24BFN2O2.C12H24B2O4.C11H12BrFN2/c1-10(2)21-11(3)20-15-13(19)8-12(9-14(15)21)18-22-16(4,5)17(6,7)23-18;1-9(2)10(3,4)16-13(15-9)14-17-11(5,6)12(7,8)18-14;1-6(2)15-7(3)14-11-9(13)4-8(12)5-10(11)15/h8-10H,1-7H3;1-8H3;4-6H,1-3H3. The Kier molecular flexibility index (Phi) is 12.0. The highest BCUT2D eigenvalue weighted by atomic mass is 79.9. The molecule has 2 aromatic carbocycles. The molecule has 0 aliphatic carbocycles. The van der Waals surface area contributed by atoms with E-state index in [1.807, 2.05) is 118 Å². The van der Waals surface area contributed by atoms with Crippen LogP contribution in [0.1, 0.15) is 135 Å². The summed E-state index contributed by atoms with van der Waals surface area (Å²) in [5, 5.41) is 0. The normalized spacial score (nSPS) is 21.6. The fraction of sp³-hybridized carbons (Fsp3) is 0.650. The fourth-order valence-electron chi connectivity index (χ4n) is 6.94. The molecule has 306 valence electrons. The summed E-state index contributed by atoms with van der Waals surface area (Å²) in [6, 6.07) is 7.23. The van der Waals surface area contributed by atoms with E-state index in [-0.39, 0.29) is 46.1 Å². The van der Waals surface area contributed by atoms with Crippen LogP contribution in [-0.2, 0) is 27.9 Å². The van der Waals surface area contributed by atoms with E-state index in [0.717, 1.165) is 27.2 Å². The highest BCUT2D eigenvalue weighted by molar-refractivity contribution is 9.10. The molecule has 0 N–H and O–H groups in total. The Bertz CT molecular complexity index is 2020. The van der Waals surface area contributed by atoms with Crippen molar-refractivity contribution in [2.24, 2.45) is 0 Å². The molecular weight excluding hydrogens is 783 g/mol. The van der Waals surface area contributed by atoms with E-state index in [1.54, 1.807) is 0 Å². The molecule has 5 heterocycles. The molecule has 4 aromatic rings. The number of rotatable bonds is 4. The SMILES string of the molecule is CC1(C)OB(B2OC(C)(C)C(C)(C)O2)OC1(C)C.Cc1nc2c(F)cc(B3OC(C)(C)C(C)(C)O3)cc2n1C(C)C.Cc1nc2c(F)cc(Br)cc2n1C(C)C. The van der Waals surface area contributed by atoms with Gasteiger partial charge in [0, 0.05) is 16.6 Å². The molecular formula is C40H60B3BrF2N4O6. The number of fused-ring (bicyclic) bond motifs is 2. The summed E-state index contributed by atoms with van der Waals surface area (Å²) in [7, 11) is -1.53. The van der Waals surface area contributed by atoms with Crippen molar-refractivity contribution < 1.29 is 36.7 Å². The van der Waals surface area contributed by atoms with Gasteiger partial charge in [-0.05, 0) is 154 Å². The highest BCUT2D eigenvalue weighted by Crippen LogP contribution is 2.43. The van der Waals surface area contributed by atoms with Gasteiger partial charge in [-0.3, -0.25) is 0 Å². The van der Waals surface area contributed by atoms with Gasteiger partial charge in [-0.2, -0.15) is 0 Å². The maximum atomic E-state index is 14.6. The van der Waals surface area contributed by atoms with Crippen molar-refractivity contribution >= 4 is 64.6 Å². The average molecular weight is 843 g/mol. The monoisotopic (exact) mass is 842 g/mol. The molecule has 3 saturated heterocycles. The Balaban J connectivity index is 0.000000165. The third-order valence-corrected chi connectivity index (χ3v) is 12.6. The lowest BCUT2D eigenvalue weighted by atomic mass is 9.49. The largest absolute Gasteiger partial charge is 0.495 e. The van der Waals surface area contributed by atoms with E-state index in [2.05, 4.69) is 53.6 Å². The van der Waals surface area contributed by atoms with E-state index < -0.39 is 32.3 Å². The predicted octanol–water partition coefficient (Wildman–Crippen LogP) is 9.44. The van der Waals surface area contributed by atoms with Crippen LogP contribution < -0.4 is 5.46 Å². The molecule has 0 radical (unpaired) electrons. The Morgan fingerprint density at radius 1 is 0.536 bits per heavy atom. The van der Waals surface area contributed by atoms with Crippen molar-refractivity contribution in [3.63, 3.8) is 0 Å². The van der Waals surface area contributed by atoms with Crippen LogP contribution in [0.4, 0.5) is 8.78 Å². The van der Waals surface area contributed by atoms with Crippen molar-refractivity contribution in [3.05, 3.63) is 52.0 Å². The first-order valence-corrected chi connectivity index (χ1v) is 20.3. The van der Waals surface area contributed by atoms with Crippen LogP contribution in [0.5, 0.6) is 0 Å². The number of hydrogen-bond donors (Lipinski definition) is 0. The smallest absolute Gasteiger partial charge is 0.405 e. The minimum Gasteiger partial charge on any atom is -0.405 e. The number of benzene rings is 2. The summed E-state index contributed by atoms with van der Waals surface area (Å²) in [5.41, 5.74) is 0.826. The molecule has 56 heavy (non-hydrogen) atoms. The Morgan fingerprint density at radius 3 is 1.21 bits per heavy atom. The molecule has 0 saturated carbocycles. The van der Waals surface area contributed by atoms with Crippen molar-refractivity contribution in [2.75, 3.05) is 0 Å². The van der Waals surface area contributed by atoms with Crippen LogP contribution >= 0.6 is 15.9 Å². The lowest BCUT2D eigenvalue weighted by Gasteiger charge is -2.32. The Labute approximate surface area is 341 Å². The Morgan fingerprint density at radius 2 is 0.857 bits per heavy atom. The first kappa shape index (κ1) is 44.8. The van der Waals surface area contributed by atoms with E-state index in [4.69, 9.17) is 27.9 Å². The predicted molar refractivity (Wildman–Crippen MR) is 225 cm³/mol. The van der Waals surface area contributed by atoms with Gasteiger partial charge in [0.15, 0.2) is 11.6 Å². The van der Waals surface area contributed by atoms with Gasteiger partial charge in [0.2, 0.25) is 0 Å². The van der Waals surface area contributed by atoms with Crippen LogP contribution in [-0.4, -0.2) is 73.8 Å². The van der Waals surface area contributed by atoms with Crippen molar-refractivity contribution in [3.8, 4) is 0 Å². The summed E-state index contributed by atoms with van der Waals surface area (Å²) in [5.74, 6) is 1.04. The minimum atomic E-state index is -0.574. The van der Waals surface area contributed by atoms with Crippen molar-refractivity contribution in [1.82, 2.24) is 19.1 Å². The Hall–Kier alpha value is -2.33. The molecule has 3 fully saturated rings. The van der Waals surface area contributed by atoms with E-state index in [0.29, 0.717) is 16.5 Å². The second kappa shape index (κ2) is 15.0. The zero-order valence-electron chi connectivity index (χ0n) is 36.6. The van der Waals surface area contributed by atoms with Gasteiger partial charge in [0.05, 0.1) is 44.6 Å². The van der Waals surface area contributed by atoms with E-state index in [1.165, 1.54) is 12.1 Å². The lowest BCUT2D eigenvalue weighted by molar-refractivity contribution is 0.00578. The van der Waals surface area contributed by atoms with Crippen LogP contribution in [0, 0.1) is 25.5 Å². The molecule has 3 aliphatic rings. The maximum absolute atomic E-state index is 14.6. The van der Waals surface area contributed by atoms with Gasteiger partial charge in [-0.15, -0.1) is 0 Å². The summed E-state index contributed by atoms with van der Waals surface area (Å²) in [6.45, 7) is 36.2. The van der Waals surface area contributed by atoms with Crippen LogP contribution in [0.3, 0.4) is 0 Å². The molecule has 10 nitrogen and oxygen atoms in total. The number of aryl methyl sites for hydroxylation is 2. The molecule has 0 unspecified atom stereocenters. The van der Waals surface area contributed by atoms with Crippen LogP contribution in [0.25, 0.3) is 22.1 Å². The number of nitrogens with zero attached hydrogens (tertiary/aromatic N) is 4. The lowest BCUT2D eigenvalue weighted by Crippen LogP contribution is -2.41. The number of hydrogen-bond acceptors (Lipinski definition) is 8. The number of aromatic nitrogens is 4. The highest BCUT2D eigenvalue weighted by Gasteiger charge is 2.63. The molecule has 3 aliphatic heterocycles. The molecule has 2 aromatic heterocycles. The summed E-state index contributed by atoms with van der Waals surface area (Å²) in [4.78, 5) is 8.61. The van der Waals surface area contributed by atoms with Crippen molar-refractivity contribution in [2.45, 2.75) is 170 Å². The van der Waals surface area contributed by atoms with Gasteiger partial charge in [-0.25, -0.2) is 18.7 Å². The van der Waals surface area contributed by atoms with Gasteiger partial charge in [0.25, 0.3) is 0 Å². The molecule has 0 atom stereocenters. The van der Waals surface area contributed by atoms with Gasteiger partial charge in [-0.1, -0.05) is 15.9 Å². The number of imidazole rings is 2. The summed E-state index contributed by atoms with van der Waals surface area (Å²) >= 11 is 3.29. The number of halogens is 3. The summed E-state index contributed by atoms with van der Waals surface area (Å²) in [6.07, 6.45) is 0. The van der Waals surface area contributed by atoms with Crippen LogP contribution in [0.2, 0.25) is 0 Å². The van der Waals surface area contributed by atoms with Crippen molar-refractivity contribution in [1.29, 1.82) is 0 Å². The minimum absolute atomic E-state index is 0.202. The molecule has 0 spiro atoms. The van der Waals surface area contributed by atoms with Gasteiger partial charge < -0.3 is 37.1 Å². The zero-order valence-corrected chi connectivity index (χ0v) is 38.2. The van der Waals surface area contributed by atoms with Gasteiger partial charge >= 0.3 is 21.1 Å². The second-order valence-corrected chi connectivity index (χ2v) is 19.6. The third-order valence-electron chi connectivity index (χ3n) is 12.2. The van der Waals surface area contributed by atoms with E-state index in [9.17, 15) is 8.78 Å². The van der Waals surface area contributed by atoms with Gasteiger partial charge in [0.1, 0.15) is 22.7 Å².